The molecule has 0 saturated carbocycles. The van der Waals surface area contributed by atoms with Gasteiger partial charge in [0.1, 0.15) is 6.23 Å². The van der Waals surface area contributed by atoms with Gasteiger partial charge >= 0.3 is 0 Å². The minimum atomic E-state index is 0.0227. The summed E-state index contributed by atoms with van der Waals surface area (Å²) in [6.45, 7) is 2.60. The third-order valence-corrected chi connectivity index (χ3v) is 3.24. The molecular formula is C13H20N2O2. The van der Waals surface area contributed by atoms with Crippen molar-refractivity contribution >= 4 is 5.69 Å². The monoisotopic (exact) mass is 236 g/mol. The van der Waals surface area contributed by atoms with E-state index in [1.807, 2.05) is 6.07 Å². The Morgan fingerprint density at radius 1 is 1.41 bits per heavy atom. The first-order valence-electron chi connectivity index (χ1n) is 5.90. The van der Waals surface area contributed by atoms with Crippen molar-refractivity contribution in [2.75, 3.05) is 39.6 Å². The summed E-state index contributed by atoms with van der Waals surface area (Å²) >= 11 is 0. The van der Waals surface area contributed by atoms with Gasteiger partial charge in [-0.2, -0.15) is 0 Å². The van der Waals surface area contributed by atoms with E-state index in [1.165, 1.54) is 11.1 Å². The van der Waals surface area contributed by atoms with Gasteiger partial charge in [-0.3, -0.25) is 4.90 Å². The van der Waals surface area contributed by atoms with E-state index >= 15 is 0 Å². The fraction of sp³-hybridized carbons (Fsp3) is 0.538. The molecule has 4 nitrogen and oxygen atoms in total. The van der Waals surface area contributed by atoms with Crippen LogP contribution in [0.5, 0.6) is 0 Å². The molecule has 1 aliphatic heterocycles. The number of hydrogen-bond donors (Lipinski definition) is 1. The van der Waals surface area contributed by atoms with Crippen LogP contribution in [0.4, 0.5) is 5.69 Å². The Bertz CT molecular complexity index is 382. The van der Waals surface area contributed by atoms with E-state index in [9.17, 15) is 0 Å². The van der Waals surface area contributed by atoms with Crippen LogP contribution in [-0.2, 0) is 15.9 Å². The summed E-state index contributed by atoms with van der Waals surface area (Å²) in [7, 11) is 3.47. The van der Waals surface area contributed by atoms with Crippen molar-refractivity contribution in [3.8, 4) is 0 Å². The van der Waals surface area contributed by atoms with Crippen LogP contribution in [0.3, 0.4) is 0 Å². The molecule has 1 aromatic rings. The largest absolute Gasteiger partial charge is 0.399 e. The average molecular weight is 236 g/mol. The molecular weight excluding hydrogens is 216 g/mol. The van der Waals surface area contributed by atoms with Gasteiger partial charge < -0.3 is 15.2 Å². The van der Waals surface area contributed by atoms with Gasteiger partial charge in [0.2, 0.25) is 0 Å². The standard InChI is InChI=1S/C13H20N2O2/c1-16-8-7-15-6-5-10-9-11(14)3-4-12(10)13(15)17-2/h3-4,9,13H,5-8,14H2,1-2H3. The Morgan fingerprint density at radius 3 is 2.94 bits per heavy atom. The van der Waals surface area contributed by atoms with E-state index in [0.29, 0.717) is 0 Å². The number of ether oxygens (including phenoxy) is 2. The number of anilines is 1. The highest BCUT2D eigenvalue weighted by Crippen LogP contribution is 2.31. The van der Waals surface area contributed by atoms with E-state index in [4.69, 9.17) is 15.2 Å². The van der Waals surface area contributed by atoms with Gasteiger partial charge in [0.05, 0.1) is 6.61 Å². The first kappa shape index (κ1) is 12.4. The lowest BCUT2D eigenvalue weighted by molar-refractivity contribution is -0.0503. The van der Waals surface area contributed by atoms with E-state index in [-0.39, 0.29) is 6.23 Å². The third-order valence-electron chi connectivity index (χ3n) is 3.24. The number of rotatable bonds is 4. The molecule has 0 aromatic heterocycles. The van der Waals surface area contributed by atoms with E-state index in [2.05, 4.69) is 17.0 Å². The molecule has 1 heterocycles. The molecule has 2 rings (SSSR count). The number of hydrogen-bond acceptors (Lipinski definition) is 4. The van der Waals surface area contributed by atoms with Crippen LogP contribution in [0.2, 0.25) is 0 Å². The van der Waals surface area contributed by atoms with Crippen molar-refractivity contribution < 1.29 is 9.47 Å². The van der Waals surface area contributed by atoms with Gasteiger partial charge in [0, 0.05) is 33.0 Å². The maximum Gasteiger partial charge on any atom is 0.136 e. The number of nitrogens with two attached hydrogens (primary N) is 1. The first-order valence-corrected chi connectivity index (χ1v) is 5.90. The molecule has 0 amide bonds. The van der Waals surface area contributed by atoms with Crippen LogP contribution >= 0.6 is 0 Å². The van der Waals surface area contributed by atoms with Crippen LogP contribution in [-0.4, -0.2) is 38.8 Å². The van der Waals surface area contributed by atoms with Crippen molar-refractivity contribution in [3.63, 3.8) is 0 Å². The first-order chi connectivity index (χ1) is 8.26. The molecule has 94 valence electrons. The maximum absolute atomic E-state index is 5.81. The van der Waals surface area contributed by atoms with Crippen molar-refractivity contribution in [1.29, 1.82) is 0 Å². The molecule has 2 N–H and O–H groups in total. The van der Waals surface area contributed by atoms with Crippen LogP contribution in [0.15, 0.2) is 18.2 Å². The zero-order valence-corrected chi connectivity index (χ0v) is 10.5. The second-order valence-electron chi connectivity index (χ2n) is 4.33. The van der Waals surface area contributed by atoms with Crippen molar-refractivity contribution in [1.82, 2.24) is 4.90 Å². The minimum Gasteiger partial charge on any atom is -0.399 e. The summed E-state index contributed by atoms with van der Waals surface area (Å²) in [6.07, 6.45) is 1.04. The third kappa shape index (κ3) is 2.60. The molecule has 1 unspecified atom stereocenters. The second-order valence-corrected chi connectivity index (χ2v) is 4.33. The summed E-state index contributed by atoms with van der Waals surface area (Å²) in [4.78, 5) is 2.29. The SMILES string of the molecule is COCCN1CCc2cc(N)ccc2C1OC. The van der Waals surface area contributed by atoms with Crippen LogP contribution in [0.1, 0.15) is 17.4 Å². The summed E-state index contributed by atoms with van der Waals surface area (Å²) in [6, 6.07) is 6.05. The fourth-order valence-electron chi connectivity index (χ4n) is 2.37. The second kappa shape index (κ2) is 5.49. The van der Waals surface area contributed by atoms with Gasteiger partial charge in [-0.1, -0.05) is 6.07 Å². The Hall–Kier alpha value is -1.10. The van der Waals surface area contributed by atoms with Gasteiger partial charge in [0.25, 0.3) is 0 Å². The molecule has 0 saturated heterocycles. The molecule has 1 aromatic carbocycles. The number of benzene rings is 1. The van der Waals surface area contributed by atoms with Gasteiger partial charge in [-0.25, -0.2) is 0 Å². The number of nitrogens with zero attached hydrogens (tertiary/aromatic N) is 1. The smallest absolute Gasteiger partial charge is 0.136 e. The maximum atomic E-state index is 5.81. The molecule has 0 spiro atoms. The van der Waals surface area contributed by atoms with E-state index in [1.54, 1.807) is 14.2 Å². The van der Waals surface area contributed by atoms with Crippen LogP contribution in [0, 0.1) is 0 Å². The quantitative estimate of drug-likeness (QED) is 0.803. The molecule has 4 heteroatoms. The van der Waals surface area contributed by atoms with Gasteiger partial charge in [-0.15, -0.1) is 0 Å². The highest BCUT2D eigenvalue weighted by Gasteiger charge is 2.26. The minimum absolute atomic E-state index is 0.0227. The lowest BCUT2D eigenvalue weighted by Crippen LogP contribution is -2.38. The van der Waals surface area contributed by atoms with Crippen molar-refractivity contribution in [2.24, 2.45) is 0 Å². The Labute approximate surface area is 102 Å². The molecule has 17 heavy (non-hydrogen) atoms. The van der Waals surface area contributed by atoms with Crippen molar-refractivity contribution in [2.45, 2.75) is 12.6 Å². The van der Waals surface area contributed by atoms with Gasteiger partial charge in [0.15, 0.2) is 0 Å². The summed E-state index contributed by atoms with van der Waals surface area (Å²) < 4.78 is 10.7. The highest BCUT2D eigenvalue weighted by atomic mass is 16.5. The fourth-order valence-corrected chi connectivity index (χ4v) is 2.37. The molecule has 1 aliphatic rings. The predicted octanol–water partition coefficient (Wildman–Crippen LogP) is 1.42. The van der Waals surface area contributed by atoms with Crippen LogP contribution in [0.25, 0.3) is 0 Å². The zero-order valence-electron chi connectivity index (χ0n) is 10.5. The lowest BCUT2D eigenvalue weighted by Gasteiger charge is -2.36. The normalized spacial score (nSPS) is 20.2. The Balaban J connectivity index is 2.20. The van der Waals surface area contributed by atoms with Crippen LogP contribution < -0.4 is 5.73 Å². The molecule has 1 atom stereocenters. The Morgan fingerprint density at radius 2 is 2.24 bits per heavy atom. The summed E-state index contributed by atoms with van der Waals surface area (Å²) in [5.41, 5.74) is 9.16. The number of nitrogen functional groups attached to an aromatic ring is 1. The number of fused-ring (bicyclic) bond motifs is 1. The molecule has 0 bridgehead atoms. The zero-order chi connectivity index (χ0) is 12.3. The molecule has 0 radical (unpaired) electrons. The molecule has 0 fully saturated rings. The van der Waals surface area contributed by atoms with Crippen molar-refractivity contribution in [3.05, 3.63) is 29.3 Å². The average Bonchev–Trinajstić information content (AvgIpc) is 2.35. The van der Waals surface area contributed by atoms with Gasteiger partial charge in [-0.05, 0) is 29.7 Å². The van der Waals surface area contributed by atoms with E-state index in [0.717, 1.165) is 31.8 Å². The highest BCUT2D eigenvalue weighted by molar-refractivity contribution is 5.46. The predicted molar refractivity (Wildman–Crippen MR) is 67.8 cm³/mol. The lowest BCUT2D eigenvalue weighted by atomic mass is 9.97. The molecule has 0 aliphatic carbocycles. The topological polar surface area (TPSA) is 47.7 Å². The summed E-state index contributed by atoms with van der Waals surface area (Å²) in [5.74, 6) is 0. The van der Waals surface area contributed by atoms with E-state index < -0.39 is 0 Å². The Kier molecular flexibility index (Phi) is 3.99. The summed E-state index contributed by atoms with van der Waals surface area (Å²) in [5, 5.41) is 0. The number of methoxy groups -OCH3 is 2.